The molecule has 170 valence electrons. The van der Waals surface area contributed by atoms with Crippen LogP contribution in [0.5, 0.6) is 0 Å². The molecule has 4 rings (SSSR count). The maximum absolute atomic E-state index is 12.8. The fourth-order valence-corrected chi connectivity index (χ4v) is 6.08. The van der Waals surface area contributed by atoms with Crippen LogP contribution in [0.25, 0.3) is 0 Å². The van der Waals surface area contributed by atoms with Gasteiger partial charge >= 0.3 is 6.03 Å². The molecule has 2 aromatic carbocycles. The summed E-state index contributed by atoms with van der Waals surface area (Å²) in [6.07, 6.45) is 0.0370. The lowest BCUT2D eigenvalue weighted by Crippen LogP contribution is -2.42. The van der Waals surface area contributed by atoms with Gasteiger partial charge in [-0.25, -0.2) is 22.8 Å². The van der Waals surface area contributed by atoms with E-state index in [0.29, 0.717) is 27.5 Å². The van der Waals surface area contributed by atoms with E-state index < -0.39 is 27.9 Å². The van der Waals surface area contributed by atoms with Gasteiger partial charge in [-0.05, 0) is 48.0 Å². The summed E-state index contributed by atoms with van der Waals surface area (Å²) in [5.74, 6) is -0.922. The number of sulfonamides is 1. The third kappa shape index (κ3) is 4.85. The van der Waals surface area contributed by atoms with E-state index in [9.17, 15) is 22.8 Å². The normalized spacial score (nSPS) is 13.6. The van der Waals surface area contributed by atoms with E-state index in [1.54, 1.807) is 12.1 Å². The second-order valence-corrected chi connectivity index (χ2v) is 11.2. The number of anilines is 2. The Morgan fingerprint density at radius 2 is 1.70 bits per heavy atom. The molecule has 0 saturated carbocycles. The Kier molecular flexibility index (Phi) is 6.39. The van der Waals surface area contributed by atoms with Gasteiger partial charge in [-0.3, -0.25) is 9.59 Å². The van der Waals surface area contributed by atoms with Crippen LogP contribution in [-0.2, 0) is 21.2 Å². The fourth-order valence-electron chi connectivity index (χ4n) is 3.12. The molecule has 0 aliphatic carbocycles. The molecule has 4 amide bonds. The molecule has 1 aliphatic rings. The first kappa shape index (κ1) is 23.5. The molecule has 3 aromatic rings. The molecule has 33 heavy (non-hydrogen) atoms. The number of hydrogen-bond donors (Lipinski definition) is 2. The van der Waals surface area contributed by atoms with Crippen LogP contribution in [-0.4, -0.2) is 26.3 Å². The van der Waals surface area contributed by atoms with Gasteiger partial charge in [0.25, 0.3) is 15.9 Å². The average Bonchev–Trinajstić information content (AvgIpc) is 3.09. The van der Waals surface area contributed by atoms with E-state index in [1.807, 2.05) is 4.72 Å². The highest BCUT2D eigenvalue weighted by Gasteiger charge is 2.32. The standard InChI is InChI=1S/C20H12Cl3N3O5S2/c21-11-2-1-10-7-16(27)26(19(28)14(10)8-11)13-5-3-12(4-6-13)24-20(29)25-33(30,31)17-9-15(22)18(23)32-17/h1-6,8-9H,7H2,(H2,24,25,29). The van der Waals surface area contributed by atoms with Gasteiger partial charge in [-0.15, -0.1) is 11.3 Å². The summed E-state index contributed by atoms with van der Waals surface area (Å²) in [6, 6.07) is 10.6. The molecule has 1 aliphatic heterocycles. The van der Waals surface area contributed by atoms with Crippen molar-refractivity contribution in [1.82, 2.24) is 4.72 Å². The monoisotopic (exact) mass is 543 g/mol. The molecule has 8 nitrogen and oxygen atoms in total. The maximum Gasteiger partial charge on any atom is 0.333 e. The molecule has 0 saturated heterocycles. The number of thiophene rings is 1. The lowest BCUT2D eigenvalue weighted by molar-refractivity contribution is -0.117. The largest absolute Gasteiger partial charge is 0.333 e. The molecule has 2 heterocycles. The van der Waals surface area contributed by atoms with Gasteiger partial charge in [-0.1, -0.05) is 40.9 Å². The number of nitrogens with zero attached hydrogens (tertiary/aromatic N) is 1. The van der Waals surface area contributed by atoms with Crippen LogP contribution in [0.3, 0.4) is 0 Å². The summed E-state index contributed by atoms with van der Waals surface area (Å²) < 4.78 is 26.3. The highest BCUT2D eigenvalue weighted by atomic mass is 35.5. The predicted octanol–water partition coefficient (Wildman–Crippen LogP) is 4.95. The summed E-state index contributed by atoms with van der Waals surface area (Å²) in [5, 5.41) is 2.81. The number of imide groups is 1. The van der Waals surface area contributed by atoms with Crippen LogP contribution in [0.15, 0.2) is 52.7 Å². The van der Waals surface area contributed by atoms with E-state index in [4.69, 9.17) is 34.8 Å². The molecule has 13 heteroatoms. The number of nitrogens with one attached hydrogen (secondary N) is 2. The molecule has 0 fully saturated rings. The molecular weight excluding hydrogens is 533 g/mol. The Morgan fingerprint density at radius 3 is 2.33 bits per heavy atom. The number of hydrogen-bond acceptors (Lipinski definition) is 6. The summed E-state index contributed by atoms with van der Waals surface area (Å²) in [6.45, 7) is 0. The molecule has 1 aromatic heterocycles. The first-order valence-electron chi connectivity index (χ1n) is 9.09. The van der Waals surface area contributed by atoms with Crippen LogP contribution in [0.1, 0.15) is 15.9 Å². The van der Waals surface area contributed by atoms with E-state index in [1.165, 1.54) is 30.3 Å². The number of rotatable bonds is 4. The Labute approximate surface area is 207 Å². The van der Waals surface area contributed by atoms with Crippen molar-refractivity contribution in [3.63, 3.8) is 0 Å². The number of halogens is 3. The van der Waals surface area contributed by atoms with Gasteiger partial charge in [0, 0.05) is 16.3 Å². The van der Waals surface area contributed by atoms with E-state index >= 15 is 0 Å². The molecular formula is C20H12Cl3N3O5S2. The quantitative estimate of drug-likeness (QED) is 0.451. The van der Waals surface area contributed by atoms with Gasteiger partial charge in [-0.2, -0.15) is 0 Å². The molecule has 2 N–H and O–H groups in total. The van der Waals surface area contributed by atoms with Gasteiger partial charge in [0.05, 0.1) is 17.1 Å². The van der Waals surface area contributed by atoms with Crippen molar-refractivity contribution in [1.29, 1.82) is 0 Å². The van der Waals surface area contributed by atoms with Gasteiger partial charge < -0.3 is 5.32 Å². The number of carbonyl (C=O) groups excluding carboxylic acids is 3. The first-order valence-corrected chi connectivity index (χ1v) is 12.5. The van der Waals surface area contributed by atoms with Crippen molar-refractivity contribution in [3.8, 4) is 0 Å². The van der Waals surface area contributed by atoms with E-state index in [-0.39, 0.29) is 31.4 Å². The minimum absolute atomic E-state index is 0.0370. The van der Waals surface area contributed by atoms with Crippen LogP contribution < -0.4 is 14.9 Å². The van der Waals surface area contributed by atoms with Crippen LogP contribution in [0.4, 0.5) is 16.2 Å². The number of carbonyl (C=O) groups is 3. The SMILES string of the molecule is O=C(Nc1ccc(N2C(=O)Cc3ccc(Cl)cc3C2=O)cc1)NS(=O)(=O)c1cc(Cl)c(Cl)s1. The highest BCUT2D eigenvalue weighted by molar-refractivity contribution is 7.92. The minimum Gasteiger partial charge on any atom is -0.307 e. The lowest BCUT2D eigenvalue weighted by atomic mass is 9.98. The van der Waals surface area contributed by atoms with Crippen molar-refractivity contribution < 1.29 is 22.8 Å². The Hall–Kier alpha value is -2.63. The average molecular weight is 545 g/mol. The fraction of sp³-hybridized carbons (Fsp3) is 0.0500. The molecule has 0 radical (unpaired) electrons. The third-order valence-corrected chi connectivity index (χ3v) is 8.50. The first-order chi connectivity index (χ1) is 15.5. The zero-order valence-corrected chi connectivity index (χ0v) is 20.2. The minimum atomic E-state index is -4.17. The molecule has 0 bridgehead atoms. The zero-order chi connectivity index (χ0) is 23.9. The zero-order valence-electron chi connectivity index (χ0n) is 16.3. The van der Waals surface area contributed by atoms with Crippen molar-refractivity contribution in [2.45, 2.75) is 10.6 Å². The van der Waals surface area contributed by atoms with Crippen molar-refractivity contribution in [2.75, 3.05) is 10.2 Å². The van der Waals surface area contributed by atoms with Crippen LogP contribution in [0, 0.1) is 0 Å². The summed E-state index contributed by atoms with van der Waals surface area (Å²) in [4.78, 5) is 38.6. The second kappa shape index (κ2) is 8.96. The maximum atomic E-state index is 12.8. The van der Waals surface area contributed by atoms with E-state index in [0.717, 1.165) is 11.0 Å². The number of urea groups is 1. The van der Waals surface area contributed by atoms with Crippen molar-refractivity contribution >= 4 is 85.4 Å². The summed E-state index contributed by atoms with van der Waals surface area (Å²) in [7, 11) is -4.17. The van der Waals surface area contributed by atoms with E-state index in [2.05, 4.69) is 5.32 Å². The summed E-state index contributed by atoms with van der Waals surface area (Å²) in [5.41, 5.74) is 1.45. The second-order valence-electron chi connectivity index (χ2n) is 6.81. The highest BCUT2D eigenvalue weighted by Crippen LogP contribution is 2.34. The number of benzene rings is 2. The summed E-state index contributed by atoms with van der Waals surface area (Å²) >= 11 is 18.2. The van der Waals surface area contributed by atoms with Gasteiger partial charge in [0.2, 0.25) is 5.91 Å². The third-order valence-electron chi connectivity index (χ3n) is 4.59. The van der Waals surface area contributed by atoms with Crippen LogP contribution in [0.2, 0.25) is 14.4 Å². The molecule has 0 spiro atoms. The smallest absolute Gasteiger partial charge is 0.307 e. The van der Waals surface area contributed by atoms with Crippen molar-refractivity contribution in [3.05, 3.63) is 74.0 Å². The molecule has 0 atom stereocenters. The number of amides is 4. The Morgan fingerprint density at radius 1 is 1.00 bits per heavy atom. The topological polar surface area (TPSA) is 113 Å². The van der Waals surface area contributed by atoms with Gasteiger partial charge in [0.15, 0.2) is 0 Å². The van der Waals surface area contributed by atoms with Crippen molar-refractivity contribution in [2.24, 2.45) is 0 Å². The molecule has 0 unspecified atom stereocenters. The predicted molar refractivity (Wildman–Crippen MR) is 127 cm³/mol. The van der Waals surface area contributed by atoms with Crippen LogP contribution >= 0.6 is 46.1 Å². The van der Waals surface area contributed by atoms with Gasteiger partial charge in [0.1, 0.15) is 8.55 Å². The Balaban J connectivity index is 1.48. The number of fused-ring (bicyclic) bond motifs is 1. The lowest BCUT2D eigenvalue weighted by Gasteiger charge is -2.27. The Bertz CT molecular complexity index is 1390.